The first-order valence-corrected chi connectivity index (χ1v) is 8.62. The van der Waals surface area contributed by atoms with Crippen LogP contribution >= 0.6 is 0 Å². The standard InChI is InChI=1S/C20H25N3O3/c1-3-23(14-13-16-7-5-4-6-8-16)15-19(24)22-20(25)21-17-9-11-18(26-2)12-10-17/h4-12H,3,13-15H2,1-2H3,(H2,21,22,24,25). The predicted octanol–water partition coefficient (Wildman–Crippen LogP) is 2.91. The third-order valence-electron chi connectivity index (χ3n) is 3.97. The number of hydrogen-bond donors (Lipinski definition) is 2. The van der Waals surface area contributed by atoms with Crippen molar-refractivity contribution in [3.8, 4) is 5.75 Å². The van der Waals surface area contributed by atoms with Gasteiger partial charge in [-0.15, -0.1) is 0 Å². The minimum Gasteiger partial charge on any atom is -0.497 e. The van der Waals surface area contributed by atoms with Gasteiger partial charge in [-0.1, -0.05) is 37.3 Å². The number of imide groups is 1. The monoisotopic (exact) mass is 355 g/mol. The molecular formula is C20H25N3O3. The van der Waals surface area contributed by atoms with Crippen LogP contribution in [0, 0.1) is 0 Å². The summed E-state index contributed by atoms with van der Waals surface area (Å²) in [4.78, 5) is 26.0. The van der Waals surface area contributed by atoms with E-state index in [1.54, 1.807) is 31.4 Å². The number of benzene rings is 2. The van der Waals surface area contributed by atoms with Gasteiger partial charge in [-0.3, -0.25) is 15.0 Å². The van der Waals surface area contributed by atoms with E-state index in [1.807, 2.05) is 30.0 Å². The van der Waals surface area contributed by atoms with Gasteiger partial charge in [0, 0.05) is 12.2 Å². The van der Waals surface area contributed by atoms with Crippen LogP contribution in [0.5, 0.6) is 5.75 Å². The summed E-state index contributed by atoms with van der Waals surface area (Å²) in [5.41, 5.74) is 1.82. The van der Waals surface area contributed by atoms with E-state index in [2.05, 4.69) is 22.8 Å². The van der Waals surface area contributed by atoms with Gasteiger partial charge in [0.2, 0.25) is 5.91 Å². The van der Waals surface area contributed by atoms with Crippen LogP contribution in [0.2, 0.25) is 0 Å². The fourth-order valence-corrected chi connectivity index (χ4v) is 2.49. The molecule has 2 N–H and O–H groups in total. The highest BCUT2D eigenvalue weighted by Crippen LogP contribution is 2.14. The smallest absolute Gasteiger partial charge is 0.325 e. The zero-order chi connectivity index (χ0) is 18.8. The Morgan fingerprint density at radius 3 is 2.35 bits per heavy atom. The van der Waals surface area contributed by atoms with E-state index in [0.29, 0.717) is 11.4 Å². The molecule has 0 aliphatic heterocycles. The molecule has 0 unspecified atom stereocenters. The summed E-state index contributed by atoms with van der Waals surface area (Å²) in [6, 6.07) is 16.5. The Balaban J connectivity index is 1.76. The Morgan fingerprint density at radius 1 is 1.04 bits per heavy atom. The van der Waals surface area contributed by atoms with Gasteiger partial charge in [-0.25, -0.2) is 4.79 Å². The molecule has 26 heavy (non-hydrogen) atoms. The molecule has 0 aliphatic rings. The number of methoxy groups -OCH3 is 1. The Kier molecular flexibility index (Phi) is 7.64. The molecule has 0 radical (unpaired) electrons. The second kappa shape index (κ2) is 10.2. The van der Waals surface area contributed by atoms with E-state index in [0.717, 1.165) is 19.5 Å². The minimum absolute atomic E-state index is 0.180. The normalized spacial score (nSPS) is 10.4. The molecule has 0 saturated carbocycles. The fourth-order valence-electron chi connectivity index (χ4n) is 2.49. The number of carbonyl (C=O) groups is 2. The summed E-state index contributed by atoms with van der Waals surface area (Å²) in [6.45, 7) is 3.67. The highest BCUT2D eigenvalue weighted by atomic mass is 16.5. The number of amides is 3. The van der Waals surface area contributed by atoms with Crippen LogP contribution < -0.4 is 15.4 Å². The second-order valence-electron chi connectivity index (χ2n) is 5.84. The van der Waals surface area contributed by atoms with Gasteiger partial charge in [0.1, 0.15) is 5.75 Å². The maximum Gasteiger partial charge on any atom is 0.325 e. The molecule has 0 heterocycles. The van der Waals surface area contributed by atoms with Crippen molar-refractivity contribution in [2.45, 2.75) is 13.3 Å². The lowest BCUT2D eigenvalue weighted by atomic mass is 10.1. The van der Waals surface area contributed by atoms with E-state index in [4.69, 9.17) is 4.74 Å². The number of carbonyl (C=O) groups excluding carboxylic acids is 2. The largest absolute Gasteiger partial charge is 0.497 e. The molecule has 0 bridgehead atoms. The van der Waals surface area contributed by atoms with E-state index in [9.17, 15) is 9.59 Å². The van der Waals surface area contributed by atoms with E-state index in [1.165, 1.54) is 5.56 Å². The van der Waals surface area contributed by atoms with E-state index in [-0.39, 0.29) is 12.5 Å². The van der Waals surface area contributed by atoms with Gasteiger partial charge >= 0.3 is 6.03 Å². The molecule has 0 spiro atoms. The Hall–Kier alpha value is -2.86. The molecule has 0 aromatic heterocycles. The molecule has 0 atom stereocenters. The maximum absolute atomic E-state index is 12.1. The topological polar surface area (TPSA) is 70.7 Å². The molecule has 6 nitrogen and oxygen atoms in total. The lowest BCUT2D eigenvalue weighted by molar-refractivity contribution is -0.121. The highest BCUT2D eigenvalue weighted by molar-refractivity contribution is 6.01. The summed E-state index contributed by atoms with van der Waals surface area (Å²) in [6.07, 6.45) is 0.861. The summed E-state index contributed by atoms with van der Waals surface area (Å²) < 4.78 is 5.06. The van der Waals surface area contributed by atoms with Crippen LogP contribution in [0.1, 0.15) is 12.5 Å². The Labute approximate surface area is 154 Å². The van der Waals surface area contributed by atoms with Crippen molar-refractivity contribution in [2.75, 3.05) is 32.1 Å². The molecular weight excluding hydrogens is 330 g/mol. The van der Waals surface area contributed by atoms with Gasteiger partial charge in [0.05, 0.1) is 13.7 Å². The first-order chi connectivity index (χ1) is 12.6. The highest BCUT2D eigenvalue weighted by Gasteiger charge is 2.12. The summed E-state index contributed by atoms with van der Waals surface area (Å²) in [7, 11) is 1.57. The van der Waals surface area contributed by atoms with E-state index >= 15 is 0 Å². The van der Waals surface area contributed by atoms with Crippen molar-refractivity contribution in [3.63, 3.8) is 0 Å². The molecule has 138 valence electrons. The van der Waals surface area contributed by atoms with Gasteiger partial charge in [0.15, 0.2) is 0 Å². The van der Waals surface area contributed by atoms with Gasteiger partial charge < -0.3 is 10.1 Å². The number of nitrogens with zero attached hydrogens (tertiary/aromatic N) is 1. The number of anilines is 1. The van der Waals surface area contributed by atoms with Gasteiger partial charge in [-0.05, 0) is 42.8 Å². The van der Waals surface area contributed by atoms with Crippen LogP contribution in [0.25, 0.3) is 0 Å². The quantitative estimate of drug-likeness (QED) is 0.764. The molecule has 0 aliphatic carbocycles. The third-order valence-corrected chi connectivity index (χ3v) is 3.97. The number of hydrogen-bond acceptors (Lipinski definition) is 4. The van der Waals surface area contributed by atoms with Crippen LogP contribution in [0.3, 0.4) is 0 Å². The minimum atomic E-state index is -0.542. The molecule has 2 aromatic carbocycles. The van der Waals surface area contributed by atoms with Crippen molar-refractivity contribution in [1.29, 1.82) is 0 Å². The van der Waals surface area contributed by atoms with Crippen LogP contribution in [-0.2, 0) is 11.2 Å². The lowest BCUT2D eigenvalue weighted by Crippen LogP contribution is -2.42. The van der Waals surface area contributed by atoms with Gasteiger partial charge in [0.25, 0.3) is 0 Å². The number of ether oxygens (including phenoxy) is 1. The molecule has 2 aromatic rings. The number of nitrogens with one attached hydrogen (secondary N) is 2. The van der Waals surface area contributed by atoms with Crippen LogP contribution in [-0.4, -0.2) is 43.6 Å². The van der Waals surface area contributed by atoms with Crippen molar-refractivity contribution in [2.24, 2.45) is 0 Å². The Bertz CT molecular complexity index is 702. The van der Waals surface area contributed by atoms with Gasteiger partial charge in [-0.2, -0.15) is 0 Å². The van der Waals surface area contributed by atoms with Crippen molar-refractivity contribution in [1.82, 2.24) is 10.2 Å². The Morgan fingerprint density at radius 2 is 1.73 bits per heavy atom. The summed E-state index contributed by atoms with van der Waals surface area (Å²) in [5.74, 6) is 0.370. The molecule has 6 heteroatoms. The molecule has 3 amide bonds. The van der Waals surface area contributed by atoms with Crippen LogP contribution in [0.15, 0.2) is 54.6 Å². The lowest BCUT2D eigenvalue weighted by Gasteiger charge is -2.19. The predicted molar refractivity (Wildman–Crippen MR) is 102 cm³/mol. The van der Waals surface area contributed by atoms with Crippen molar-refractivity contribution >= 4 is 17.6 Å². The zero-order valence-corrected chi connectivity index (χ0v) is 15.2. The first kappa shape index (κ1) is 19.5. The second-order valence-corrected chi connectivity index (χ2v) is 5.84. The average molecular weight is 355 g/mol. The summed E-state index contributed by atoms with van der Waals surface area (Å²) >= 11 is 0. The average Bonchev–Trinajstić information content (AvgIpc) is 2.66. The third kappa shape index (κ3) is 6.57. The van der Waals surface area contributed by atoms with Crippen molar-refractivity contribution < 1.29 is 14.3 Å². The molecule has 2 rings (SSSR count). The zero-order valence-electron chi connectivity index (χ0n) is 15.2. The summed E-state index contributed by atoms with van der Waals surface area (Å²) in [5, 5.41) is 4.99. The SMILES string of the molecule is CCN(CCc1ccccc1)CC(=O)NC(=O)Nc1ccc(OC)cc1. The fraction of sp³-hybridized carbons (Fsp3) is 0.300. The first-order valence-electron chi connectivity index (χ1n) is 8.62. The van der Waals surface area contributed by atoms with Crippen LogP contribution in [0.4, 0.5) is 10.5 Å². The maximum atomic E-state index is 12.1. The van der Waals surface area contributed by atoms with E-state index < -0.39 is 6.03 Å². The molecule has 0 saturated heterocycles. The number of urea groups is 1. The number of likely N-dealkylation sites (N-methyl/N-ethyl adjacent to an activating group) is 1. The number of rotatable bonds is 8. The van der Waals surface area contributed by atoms with Crippen molar-refractivity contribution in [3.05, 3.63) is 60.2 Å². The molecule has 0 fully saturated rings.